The number of carboxylic acids is 1. The van der Waals surface area contributed by atoms with Gasteiger partial charge in [0.25, 0.3) is 0 Å². The molecule has 0 unspecified atom stereocenters. The third kappa shape index (κ3) is 1.42. The van der Waals surface area contributed by atoms with E-state index in [9.17, 15) is 4.79 Å². The minimum atomic E-state index is -0.859. The van der Waals surface area contributed by atoms with Crippen LogP contribution >= 0.6 is 0 Å². The molecule has 0 bridgehead atoms. The Morgan fingerprint density at radius 2 is 2.08 bits per heavy atom. The van der Waals surface area contributed by atoms with E-state index in [1.165, 1.54) is 0 Å². The standard InChI is InChI=1S/C10H10O3/c11-10(12)9-4-2-1-3-8(9)7-5-13-6-7/h1-4,7H,5-6H2,(H,11,12). The summed E-state index contributed by atoms with van der Waals surface area (Å²) in [4.78, 5) is 10.8. The zero-order valence-electron chi connectivity index (χ0n) is 7.06. The van der Waals surface area contributed by atoms with Crippen LogP contribution < -0.4 is 0 Å². The molecular formula is C10H10O3. The molecule has 1 aliphatic rings. The second-order valence-electron chi connectivity index (χ2n) is 3.13. The van der Waals surface area contributed by atoms with E-state index in [2.05, 4.69) is 0 Å². The van der Waals surface area contributed by atoms with E-state index in [0.29, 0.717) is 18.8 Å². The van der Waals surface area contributed by atoms with Crippen LogP contribution in [0.5, 0.6) is 0 Å². The quantitative estimate of drug-likeness (QED) is 0.746. The van der Waals surface area contributed by atoms with Crippen LogP contribution in [0.3, 0.4) is 0 Å². The topological polar surface area (TPSA) is 46.5 Å². The largest absolute Gasteiger partial charge is 0.478 e. The molecule has 0 amide bonds. The first kappa shape index (κ1) is 8.26. The molecule has 1 heterocycles. The van der Waals surface area contributed by atoms with Gasteiger partial charge in [0.15, 0.2) is 0 Å². The molecule has 0 saturated carbocycles. The van der Waals surface area contributed by atoms with E-state index >= 15 is 0 Å². The van der Waals surface area contributed by atoms with Gasteiger partial charge in [-0.1, -0.05) is 18.2 Å². The van der Waals surface area contributed by atoms with E-state index in [1.54, 1.807) is 12.1 Å². The predicted octanol–water partition coefficient (Wildman–Crippen LogP) is 1.50. The highest BCUT2D eigenvalue weighted by Gasteiger charge is 2.24. The molecule has 0 atom stereocenters. The van der Waals surface area contributed by atoms with Gasteiger partial charge in [-0.3, -0.25) is 0 Å². The number of hydrogen-bond donors (Lipinski definition) is 1. The molecule has 1 N–H and O–H groups in total. The van der Waals surface area contributed by atoms with Gasteiger partial charge in [-0.05, 0) is 11.6 Å². The molecule has 2 rings (SSSR count). The third-order valence-electron chi connectivity index (χ3n) is 2.27. The average molecular weight is 178 g/mol. The Balaban J connectivity index is 2.36. The predicted molar refractivity (Wildman–Crippen MR) is 47.0 cm³/mol. The zero-order valence-corrected chi connectivity index (χ0v) is 7.06. The van der Waals surface area contributed by atoms with Gasteiger partial charge in [0.2, 0.25) is 0 Å². The lowest BCUT2D eigenvalue weighted by Gasteiger charge is -2.27. The first-order chi connectivity index (χ1) is 6.29. The van der Waals surface area contributed by atoms with Crippen LogP contribution in [0.25, 0.3) is 0 Å². The number of hydrogen-bond acceptors (Lipinski definition) is 2. The Labute approximate surface area is 76.0 Å². The molecule has 0 aromatic heterocycles. The van der Waals surface area contributed by atoms with Gasteiger partial charge in [-0.25, -0.2) is 4.79 Å². The number of carboxylic acid groups (broad SMARTS) is 1. The monoisotopic (exact) mass is 178 g/mol. The van der Waals surface area contributed by atoms with E-state index in [4.69, 9.17) is 9.84 Å². The SMILES string of the molecule is O=C(O)c1ccccc1C1COC1. The second-order valence-corrected chi connectivity index (χ2v) is 3.13. The summed E-state index contributed by atoms with van der Waals surface area (Å²) in [5.74, 6) is -0.588. The molecule has 1 aromatic rings. The van der Waals surface area contributed by atoms with Gasteiger partial charge in [0, 0.05) is 5.92 Å². The summed E-state index contributed by atoms with van der Waals surface area (Å²) in [6.07, 6.45) is 0. The van der Waals surface area contributed by atoms with Crippen LogP contribution in [0.4, 0.5) is 0 Å². The van der Waals surface area contributed by atoms with Gasteiger partial charge in [-0.15, -0.1) is 0 Å². The normalized spacial score (nSPS) is 16.6. The lowest BCUT2D eigenvalue weighted by molar-refractivity contribution is 0.00787. The summed E-state index contributed by atoms with van der Waals surface area (Å²) in [6.45, 7) is 1.29. The Morgan fingerprint density at radius 3 is 2.62 bits per heavy atom. The van der Waals surface area contributed by atoms with Crippen LogP contribution in [0, 0.1) is 0 Å². The minimum Gasteiger partial charge on any atom is -0.478 e. The van der Waals surface area contributed by atoms with Crippen molar-refractivity contribution in [2.75, 3.05) is 13.2 Å². The molecule has 1 aliphatic heterocycles. The molecule has 0 radical (unpaired) electrons. The summed E-state index contributed by atoms with van der Waals surface area (Å²) >= 11 is 0. The van der Waals surface area contributed by atoms with Crippen molar-refractivity contribution in [1.82, 2.24) is 0 Å². The lowest BCUT2D eigenvalue weighted by atomic mass is 9.93. The molecule has 1 saturated heterocycles. The molecule has 0 spiro atoms. The molecule has 3 nitrogen and oxygen atoms in total. The van der Waals surface area contributed by atoms with Crippen molar-refractivity contribution < 1.29 is 14.6 Å². The van der Waals surface area contributed by atoms with Crippen molar-refractivity contribution in [3.05, 3.63) is 35.4 Å². The van der Waals surface area contributed by atoms with Gasteiger partial charge in [0.1, 0.15) is 0 Å². The molecule has 0 aliphatic carbocycles. The van der Waals surface area contributed by atoms with Crippen molar-refractivity contribution in [2.24, 2.45) is 0 Å². The van der Waals surface area contributed by atoms with E-state index in [0.717, 1.165) is 5.56 Å². The van der Waals surface area contributed by atoms with Crippen molar-refractivity contribution in [1.29, 1.82) is 0 Å². The number of aromatic carboxylic acids is 1. The number of benzene rings is 1. The first-order valence-electron chi connectivity index (χ1n) is 4.19. The Bertz CT molecular complexity index is 329. The number of ether oxygens (including phenoxy) is 1. The van der Waals surface area contributed by atoms with Crippen molar-refractivity contribution >= 4 is 5.97 Å². The van der Waals surface area contributed by atoms with Crippen LogP contribution in [-0.2, 0) is 4.74 Å². The maximum Gasteiger partial charge on any atom is 0.335 e. The maximum absolute atomic E-state index is 10.8. The zero-order chi connectivity index (χ0) is 9.26. The summed E-state index contributed by atoms with van der Waals surface area (Å²) < 4.78 is 5.03. The summed E-state index contributed by atoms with van der Waals surface area (Å²) in [5, 5.41) is 8.89. The summed E-state index contributed by atoms with van der Waals surface area (Å²) in [5.41, 5.74) is 1.29. The fraction of sp³-hybridized carbons (Fsp3) is 0.300. The lowest BCUT2D eigenvalue weighted by Crippen LogP contribution is -2.26. The van der Waals surface area contributed by atoms with Gasteiger partial charge in [0.05, 0.1) is 18.8 Å². The van der Waals surface area contributed by atoms with Crippen molar-refractivity contribution in [3.63, 3.8) is 0 Å². The van der Waals surface area contributed by atoms with Crippen LogP contribution in [0.1, 0.15) is 21.8 Å². The second kappa shape index (κ2) is 3.18. The minimum absolute atomic E-state index is 0.271. The van der Waals surface area contributed by atoms with E-state index < -0.39 is 5.97 Å². The summed E-state index contributed by atoms with van der Waals surface area (Å²) in [7, 11) is 0. The number of rotatable bonds is 2. The highest BCUT2D eigenvalue weighted by atomic mass is 16.5. The molecule has 68 valence electrons. The fourth-order valence-corrected chi connectivity index (χ4v) is 1.46. The Kier molecular flexibility index (Phi) is 2.02. The molecule has 13 heavy (non-hydrogen) atoms. The highest BCUT2D eigenvalue weighted by molar-refractivity contribution is 5.89. The molecule has 1 fully saturated rings. The van der Waals surface area contributed by atoms with Crippen LogP contribution in [-0.4, -0.2) is 24.3 Å². The fourth-order valence-electron chi connectivity index (χ4n) is 1.46. The van der Waals surface area contributed by atoms with Crippen LogP contribution in [0.15, 0.2) is 24.3 Å². The first-order valence-corrected chi connectivity index (χ1v) is 4.19. The highest BCUT2D eigenvalue weighted by Crippen LogP contribution is 2.26. The molecule has 3 heteroatoms. The van der Waals surface area contributed by atoms with E-state index in [1.807, 2.05) is 12.1 Å². The average Bonchev–Trinajstić information content (AvgIpc) is 2.02. The Morgan fingerprint density at radius 1 is 1.38 bits per heavy atom. The molecular weight excluding hydrogens is 168 g/mol. The smallest absolute Gasteiger partial charge is 0.335 e. The number of carbonyl (C=O) groups is 1. The van der Waals surface area contributed by atoms with E-state index in [-0.39, 0.29) is 5.92 Å². The third-order valence-corrected chi connectivity index (χ3v) is 2.27. The van der Waals surface area contributed by atoms with Gasteiger partial charge in [-0.2, -0.15) is 0 Å². The van der Waals surface area contributed by atoms with Gasteiger partial charge < -0.3 is 9.84 Å². The molecule has 1 aromatic carbocycles. The van der Waals surface area contributed by atoms with Crippen molar-refractivity contribution in [3.8, 4) is 0 Å². The maximum atomic E-state index is 10.8. The summed E-state index contributed by atoms with van der Waals surface area (Å²) in [6, 6.07) is 7.10. The van der Waals surface area contributed by atoms with Gasteiger partial charge >= 0.3 is 5.97 Å². The Hall–Kier alpha value is -1.35. The van der Waals surface area contributed by atoms with Crippen LogP contribution in [0.2, 0.25) is 0 Å². The van der Waals surface area contributed by atoms with Crippen molar-refractivity contribution in [2.45, 2.75) is 5.92 Å².